The minimum atomic E-state index is -0.195. The van der Waals surface area contributed by atoms with Crippen molar-refractivity contribution in [3.63, 3.8) is 0 Å². The summed E-state index contributed by atoms with van der Waals surface area (Å²) in [6.07, 6.45) is 0.219. The van der Waals surface area contributed by atoms with E-state index in [9.17, 15) is 9.59 Å². The summed E-state index contributed by atoms with van der Waals surface area (Å²) in [5.74, 6) is -0.115. The molecular weight excluding hydrogens is 380 g/mol. The van der Waals surface area contributed by atoms with Crippen LogP contribution in [0.2, 0.25) is 0 Å². The molecule has 0 bridgehead atoms. The summed E-state index contributed by atoms with van der Waals surface area (Å²) in [5.41, 5.74) is 2.96. The van der Waals surface area contributed by atoms with E-state index in [2.05, 4.69) is 15.5 Å². The molecule has 0 unspecified atom stereocenters. The second-order valence-corrected chi connectivity index (χ2v) is 7.42. The summed E-state index contributed by atoms with van der Waals surface area (Å²) in [6, 6.07) is 17.4. The lowest BCUT2D eigenvalue weighted by molar-refractivity contribution is -0.116. The van der Waals surface area contributed by atoms with Gasteiger partial charge in [-0.1, -0.05) is 48.5 Å². The molecule has 0 aromatic heterocycles. The minimum Gasteiger partial charge on any atom is -0.379 e. The maximum atomic E-state index is 12.4. The predicted molar refractivity (Wildman–Crippen MR) is 117 cm³/mol. The Kier molecular flexibility index (Phi) is 8.23. The predicted octanol–water partition coefficient (Wildman–Crippen LogP) is 2.69. The van der Waals surface area contributed by atoms with Crippen LogP contribution in [0, 0.1) is 0 Å². The first-order valence-electron chi connectivity index (χ1n) is 10.3. The highest BCUT2D eigenvalue weighted by molar-refractivity contribution is 5.91. The van der Waals surface area contributed by atoms with Crippen LogP contribution in [-0.2, 0) is 22.6 Å². The van der Waals surface area contributed by atoms with Gasteiger partial charge in [0.05, 0.1) is 13.2 Å². The molecule has 3 amide bonds. The number of morpholine rings is 1. The topological polar surface area (TPSA) is 73.9 Å². The fourth-order valence-electron chi connectivity index (χ4n) is 3.34. The third kappa shape index (κ3) is 6.86. The highest BCUT2D eigenvalue weighted by Gasteiger charge is 2.14. The molecular formula is C23H30N4O3. The second kappa shape index (κ2) is 11.3. The highest BCUT2D eigenvalue weighted by atomic mass is 16.5. The standard InChI is InChI=1S/C23H30N4O3/c1-26(17-19-7-3-2-4-8-19)23(29)24-12-11-22(28)25-21-10-6-5-9-20(21)18-27-13-15-30-16-14-27/h2-10H,11-18H2,1H3,(H,24,29)(H,25,28). The number of nitrogens with zero attached hydrogens (tertiary/aromatic N) is 2. The normalized spacial score (nSPS) is 14.2. The zero-order valence-electron chi connectivity index (χ0n) is 17.5. The van der Waals surface area contributed by atoms with Crippen LogP contribution in [-0.4, -0.2) is 61.6 Å². The number of rotatable bonds is 8. The first-order chi connectivity index (χ1) is 14.6. The Morgan fingerprint density at radius 3 is 2.50 bits per heavy atom. The molecule has 1 aliphatic heterocycles. The Morgan fingerprint density at radius 2 is 1.73 bits per heavy atom. The largest absolute Gasteiger partial charge is 0.379 e. The molecule has 2 aromatic rings. The van der Waals surface area contributed by atoms with Crippen LogP contribution in [0.3, 0.4) is 0 Å². The van der Waals surface area contributed by atoms with Crippen LogP contribution in [0.25, 0.3) is 0 Å². The molecule has 160 valence electrons. The lowest BCUT2D eigenvalue weighted by Crippen LogP contribution is -2.38. The fourth-order valence-corrected chi connectivity index (χ4v) is 3.34. The van der Waals surface area contributed by atoms with Gasteiger partial charge in [-0.25, -0.2) is 4.79 Å². The van der Waals surface area contributed by atoms with Crippen molar-refractivity contribution in [1.29, 1.82) is 0 Å². The number of benzene rings is 2. The molecule has 7 nitrogen and oxygen atoms in total. The smallest absolute Gasteiger partial charge is 0.317 e. The summed E-state index contributed by atoms with van der Waals surface area (Å²) in [5, 5.41) is 5.78. The molecule has 2 aromatic carbocycles. The van der Waals surface area contributed by atoms with E-state index in [1.54, 1.807) is 11.9 Å². The Morgan fingerprint density at radius 1 is 1.03 bits per heavy atom. The molecule has 30 heavy (non-hydrogen) atoms. The number of amides is 3. The summed E-state index contributed by atoms with van der Waals surface area (Å²) >= 11 is 0. The summed E-state index contributed by atoms with van der Waals surface area (Å²) in [6.45, 7) is 4.86. The van der Waals surface area contributed by atoms with E-state index in [1.165, 1.54) is 0 Å². The molecule has 0 saturated carbocycles. The maximum Gasteiger partial charge on any atom is 0.317 e. The number of carbonyl (C=O) groups excluding carboxylic acids is 2. The van der Waals surface area contributed by atoms with E-state index in [0.717, 1.165) is 49.7 Å². The van der Waals surface area contributed by atoms with E-state index in [0.29, 0.717) is 6.54 Å². The van der Waals surface area contributed by atoms with Gasteiger partial charge in [0.25, 0.3) is 0 Å². The van der Waals surface area contributed by atoms with Gasteiger partial charge in [0.15, 0.2) is 0 Å². The number of para-hydroxylation sites is 1. The summed E-state index contributed by atoms with van der Waals surface area (Å²) in [7, 11) is 1.74. The lowest BCUT2D eigenvalue weighted by Gasteiger charge is -2.27. The lowest BCUT2D eigenvalue weighted by atomic mass is 10.1. The molecule has 0 aliphatic carbocycles. The molecule has 1 saturated heterocycles. The van der Waals surface area contributed by atoms with Gasteiger partial charge in [-0.2, -0.15) is 0 Å². The van der Waals surface area contributed by atoms with Gasteiger partial charge in [0.2, 0.25) is 5.91 Å². The fraction of sp³-hybridized carbons (Fsp3) is 0.391. The van der Waals surface area contributed by atoms with Gasteiger partial charge in [0.1, 0.15) is 0 Å². The molecule has 0 atom stereocenters. The zero-order chi connectivity index (χ0) is 21.2. The third-order valence-corrected chi connectivity index (χ3v) is 5.03. The molecule has 1 heterocycles. The van der Waals surface area contributed by atoms with Crippen molar-refractivity contribution in [2.45, 2.75) is 19.5 Å². The number of hydrogen-bond donors (Lipinski definition) is 2. The average molecular weight is 411 g/mol. The number of nitrogens with one attached hydrogen (secondary N) is 2. The molecule has 0 spiro atoms. The van der Waals surface area contributed by atoms with E-state index < -0.39 is 0 Å². The average Bonchev–Trinajstić information content (AvgIpc) is 2.76. The highest BCUT2D eigenvalue weighted by Crippen LogP contribution is 2.18. The molecule has 3 rings (SSSR count). The number of anilines is 1. The van der Waals surface area contributed by atoms with Gasteiger partial charge in [-0.05, 0) is 17.2 Å². The van der Waals surface area contributed by atoms with Crippen molar-refractivity contribution < 1.29 is 14.3 Å². The SMILES string of the molecule is CN(Cc1ccccc1)C(=O)NCCC(=O)Nc1ccccc1CN1CCOCC1. The van der Waals surface area contributed by atoms with Crippen molar-refractivity contribution in [1.82, 2.24) is 15.1 Å². The Hall–Kier alpha value is -2.90. The third-order valence-electron chi connectivity index (χ3n) is 5.03. The second-order valence-electron chi connectivity index (χ2n) is 7.42. The van der Waals surface area contributed by atoms with Crippen molar-refractivity contribution in [2.24, 2.45) is 0 Å². The van der Waals surface area contributed by atoms with Gasteiger partial charge in [0, 0.05) is 51.9 Å². The van der Waals surface area contributed by atoms with E-state index in [1.807, 2.05) is 54.6 Å². The summed E-state index contributed by atoms with van der Waals surface area (Å²) < 4.78 is 5.40. The maximum absolute atomic E-state index is 12.4. The molecule has 2 N–H and O–H groups in total. The quantitative estimate of drug-likeness (QED) is 0.702. The van der Waals surface area contributed by atoms with E-state index in [-0.39, 0.29) is 24.9 Å². The Labute approximate surface area is 178 Å². The van der Waals surface area contributed by atoms with Crippen LogP contribution in [0.4, 0.5) is 10.5 Å². The van der Waals surface area contributed by atoms with Gasteiger partial charge < -0.3 is 20.3 Å². The van der Waals surface area contributed by atoms with Crippen LogP contribution < -0.4 is 10.6 Å². The molecule has 7 heteroatoms. The number of urea groups is 1. The zero-order valence-corrected chi connectivity index (χ0v) is 17.5. The van der Waals surface area contributed by atoms with Crippen LogP contribution in [0.5, 0.6) is 0 Å². The molecule has 0 radical (unpaired) electrons. The monoisotopic (exact) mass is 410 g/mol. The van der Waals surface area contributed by atoms with Gasteiger partial charge in [-0.15, -0.1) is 0 Å². The number of carbonyl (C=O) groups is 2. The Bertz CT molecular complexity index is 822. The van der Waals surface area contributed by atoms with Crippen LogP contribution in [0.1, 0.15) is 17.5 Å². The van der Waals surface area contributed by atoms with Crippen molar-refractivity contribution >= 4 is 17.6 Å². The van der Waals surface area contributed by atoms with Crippen LogP contribution >= 0.6 is 0 Å². The molecule has 1 fully saturated rings. The van der Waals surface area contributed by atoms with E-state index >= 15 is 0 Å². The van der Waals surface area contributed by atoms with Crippen molar-refractivity contribution in [3.05, 3.63) is 65.7 Å². The first kappa shape index (κ1) is 21.8. The van der Waals surface area contributed by atoms with E-state index in [4.69, 9.17) is 4.74 Å². The molecule has 1 aliphatic rings. The summed E-state index contributed by atoms with van der Waals surface area (Å²) in [4.78, 5) is 28.5. The van der Waals surface area contributed by atoms with Gasteiger partial charge >= 0.3 is 6.03 Å². The van der Waals surface area contributed by atoms with Crippen molar-refractivity contribution in [3.8, 4) is 0 Å². The Balaban J connectivity index is 1.43. The minimum absolute atomic E-state index is 0.115. The van der Waals surface area contributed by atoms with Gasteiger partial charge in [-0.3, -0.25) is 9.69 Å². The first-order valence-corrected chi connectivity index (χ1v) is 10.3. The van der Waals surface area contributed by atoms with Crippen LogP contribution in [0.15, 0.2) is 54.6 Å². The van der Waals surface area contributed by atoms with Crippen molar-refractivity contribution in [2.75, 3.05) is 45.2 Å². The number of hydrogen-bond acceptors (Lipinski definition) is 4. The number of ether oxygens (including phenoxy) is 1.